The molecule has 116 valence electrons. The molecule has 0 bridgehead atoms. The lowest BCUT2D eigenvalue weighted by molar-refractivity contribution is 0.1000. The van der Waals surface area contributed by atoms with Crippen LogP contribution in [0.25, 0.3) is 11.4 Å². The van der Waals surface area contributed by atoms with Crippen LogP contribution in [0.5, 0.6) is 0 Å². The van der Waals surface area contributed by atoms with Gasteiger partial charge in [0, 0.05) is 11.1 Å². The van der Waals surface area contributed by atoms with Gasteiger partial charge < -0.3 is 5.73 Å². The number of hydrogen-bond donors (Lipinski definition) is 1. The van der Waals surface area contributed by atoms with Crippen molar-refractivity contribution in [2.75, 3.05) is 0 Å². The Labute approximate surface area is 131 Å². The molecule has 1 amide bonds. The molecule has 2 aromatic carbocycles. The largest absolute Gasteiger partial charge is 0.366 e. The maximum Gasteiger partial charge on any atom is 0.248 e. The fraction of sp³-hybridized carbons (Fsp3) is 0.125. The van der Waals surface area contributed by atoms with Crippen LogP contribution in [-0.2, 0) is 6.54 Å². The van der Waals surface area contributed by atoms with Gasteiger partial charge in [0.1, 0.15) is 5.82 Å². The smallest absolute Gasteiger partial charge is 0.248 e. The molecule has 0 atom stereocenters. The zero-order chi connectivity index (χ0) is 16.4. The average molecular weight is 311 g/mol. The second-order valence-corrected chi connectivity index (χ2v) is 5.17. The van der Waals surface area contributed by atoms with E-state index >= 15 is 0 Å². The fourth-order valence-electron chi connectivity index (χ4n) is 2.20. The number of aromatic nitrogens is 4. The van der Waals surface area contributed by atoms with E-state index in [1.165, 1.54) is 10.9 Å². The summed E-state index contributed by atoms with van der Waals surface area (Å²) in [6.45, 7) is 2.03. The van der Waals surface area contributed by atoms with Crippen molar-refractivity contribution in [2.24, 2.45) is 5.73 Å². The fourth-order valence-corrected chi connectivity index (χ4v) is 2.20. The van der Waals surface area contributed by atoms with Crippen LogP contribution in [0.4, 0.5) is 4.39 Å². The van der Waals surface area contributed by atoms with Crippen LogP contribution < -0.4 is 5.73 Å². The molecule has 23 heavy (non-hydrogen) atoms. The molecule has 0 unspecified atom stereocenters. The van der Waals surface area contributed by atoms with Crippen molar-refractivity contribution in [3.8, 4) is 11.4 Å². The molecule has 1 aromatic heterocycles. The summed E-state index contributed by atoms with van der Waals surface area (Å²) < 4.78 is 13.3. The van der Waals surface area contributed by atoms with Crippen molar-refractivity contribution < 1.29 is 9.18 Å². The molecule has 0 saturated heterocycles. The van der Waals surface area contributed by atoms with Crippen molar-refractivity contribution in [1.29, 1.82) is 0 Å². The van der Waals surface area contributed by atoms with Gasteiger partial charge in [-0.1, -0.05) is 12.1 Å². The normalized spacial score (nSPS) is 10.7. The highest BCUT2D eigenvalue weighted by Gasteiger charge is 2.09. The predicted octanol–water partition coefficient (Wildman–Crippen LogP) is 1.93. The van der Waals surface area contributed by atoms with Gasteiger partial charge in [0.2, 0.25) is 11.7 Å². The summed E-state index contributed by atoms with van der Waals surface area (Å²) in [6, 6.07) is 11.6. The highest BCUT2D eigenvalue weighted by molar-refractivity contribution is 5.92. The minimum absolute atomic E-state index is 0.274. The number of hydrogen-bond acceptors (Lipinski definition) is 4. The van der Waals surface area contributed by atoms with Crippen LogP contribution in [0.15, 0.2) is 42.5 Å². The van der Waals surface area contributed by atoms with Crippen molar-refractivity contribution in [3.63, 3.8) is 0 Å². The van der Waals surface area contributed by atoms with Crippen LogP contribution in [0.3, 0.4) is 0 Å². The molecule has 0 fully saturated rings. The van der Waals surface area contributed by atoms with Gasteiger partial charge in [0.05, 0.1) is 6.54 Å². The van der Waals surface area contributed by atoms with Gasteiger partial charge in [-0.2, -0.15) is 4.80 Å². The van der Waals surface area contributed by atoms with Crippen molar-refractivity contribution in [2.45, 2.75) is 13.5 Å². The Balaban J connectivity index is 1.83. The lowest BCUT2D eigenvalue weighted by Gasteiger charge is -2.02. The Bertz CT molecular complexity index is 874. The molecule has 0 spiro atoms. The Morgan fingerprint density at radius 3 is 2.83 bits per heavy atom. The Morgan fingerprint density at radius 2 is 2.09 bits per heavy atom. The van der Waals surface area contributed by atoms with E-state index in [4.69, 9.17) is 5.73 Å². The third kappa shape index (κ3) is 3.23. The Morgan fingerprint density at radius 1 is 1.26 bits per heavy atom. The summed E-state index contributed by atoms with van der Waals surface area (Å²) in [5.41, 5.74) is 7.74. The van der Waals surface area contributed by atoms with Gasteiger partial charge in [-0.25, -0.2) is 4.39 Å². The molecule has 3 rings (SSSR count). The first kappa shape index (κ1) is 14.8. The number of halogens is 1. The number of primary amides is 1. The van der Waals surface area contributed by atoms with Crippen molar-refractivity contribution in [1.82, 2.24) is 20.2 Å². The van der Waals surface area contributed by atoms with Gasteiger partial charge in [-0.15, -0.1) is 10.2 Å². The van der Waals surface area contributed by atoms with E-state index in [-0.39, 0.29) is 5.82 Å². The van der Waals surface area contributed by atoms with Crippen LogP contribution in [-0.4, -0.2) is 26.1 Å². The molecular weight excluding hydrogens is 297 g/mol. The monoisotopic (exact) mass is 311 g/mol. The second kappa shape index (κ2) is 5.96. The number of aryl methyl sites for hydroxylation is 1. The number of amides is 1. The van der Waals surface area contributed by atoms with Crippen LogP contribution >= 0.6 is 0 Å². The summed E-state index contributed by atoms with van der Waals surface area (Å²) >= 11 is 0. The number of nitrogens with zero attached hydrogens (tertiary/aromatic N) is 4. The average Bonchev–Trinajstić information content (AvgIpc) is 2.99. The molecule has 0 radical (unpaired) electrons. The first-order valence-corrected chi connectivity index (χ1v) is 6.96. The number of carbonyl (C=O) groups excluding carboxylic acids is 1. The van der Waals surface area contributed by atoms with Crippen LogP contribution in [0.2, 0.25) is 0 Å². The molecule has 7 heteroatoms. The third-order valence-corrected chi connectivity index (χ3v) is 3.40. The number of benzene rings is 2. The van der Waals surface area contributed by atoms with Crippen molar-refractivity contribution in [3.05, 3.63) is 65.0 Å². The minimum atomic E-state index is -0.485. The first-order chi connectivity index (χ1) is 11.0. The molecule has 0 aliphatic rings. The topological polar surface area (TPSA) is 86.7 Å². The summed E-state index contributed by atoms with van der Waals surface area (Å²) in [5, 5.41) is 12.2. The maximum absolute atomic E-state index is 13.3. The second-order valence-electron chi connectivity index (χ2n) is 5.17. The number of carbonyl (C=O) groups is 1. The van der Waals surface area contributed by atoms with E-state index in [2.05, 4.69) is 15.4 Å². The Kier molecular flexibility index (Phi) is 3.84. The van der Waals surface area contributed by atoms with Gasteiger partial charge in [0.25, 0.3) is 0 Å². The van der Waals surface area contributed by atoms with E-state index in [9.17, 15) is 9.18 Å². The zero-order valence-electron chi connectivity index (χ0n) is 12.4. The zero-order valence-corrected chi connectivity index (χ0v) is 12.4. The van der Waals surface area contributed by atoms with Crippen LogP contribution in [0, 0.1) is 12.7 Å². The lowest BCUT2D eigenvalue weighted by Crippen LogP contribution is -2.12. The summed E-state index contributed by atoms with van der Waals surface area (Å²) in [7, 11) is 0. The van der Waals surface area contributed by atoms with Crippen molar-refractivity contribution >= 4 is 5.91 Å². The predicted molar refractivity (Wildman–Crippen MR) is 82.0 cm³/mol. The number of rotatable bonds is 4. The van der Waals surface area contributed by atoms with E-state index in [1.54, 1.807) is 37.3 Å². The lowest BCUT2D eigenvalue weighted by atomic mass is 10.1. The standard InChI is InChI=1S/C16H14FN5O/c1-10-7-13(5-6-14(10)17)16-19-21-22(20-16)9-11-3-2-4-12(8-11)15(18)23/h2-8H,9H2,1H3,(H2,18,23). The molecule has 0 aliphatic carbocycles. The highest BCUT2D eigenvalue weighted by Crippen LogP contribution is 2.17. The van der Waals surface area contributed by atoms with E-state index in [0.29, 0.717) is 29.1 Å². The number of tetrazole rings is 1. The molecule has 0 aliphatic heterocycles. The van der Waals surface area contributed by atoms with Gasteiger partial charge >= 0.3 is 0 Å². The number of nitrogens with two attached hydrogens (primary N) is 1. The molecule has 0 saturated carbocycles. The SMILES string of the molecule is Cc1cc(-c2nnn(Cc3cccc(C(N)=O)c3)n2)ccc1F. The van der Waals surface area contributed by atoms with Gasteiger partial charge in [-0.05, 0) is 53.6 Å². The van der Waals surface area contributed by atoms with E-state index in [1.807, 2.05) is 6.07 Å². The molecular formula is C16H14FN5O. The maximum atomic E-state index is 13.3. The van der Waals surface area contributed by atoms with E-state index < -0.39 is 5.91 Å². The van der Waals surface area contributed by atoms with Gasteiger partial charge in [-0.3, -0.25) is 4.79 Å². The minimum Gasteiger partial charge on any atom is -0.366 e. The molecule has 1 heterocycles. The summed E-state index contributed by atoms with van der Waals surface area (Å²) in [5.74, 6) is -0.343. The van der Waals surface area contributed by atoms with Gasteiger partial charge in [0.15, 0.2) is 0 Å². The quantitative estimate of drug-likeness (QED) is 0.797. The summed E-state index contributed by atoms with van der Waals surface area (Å²) in [4.78, 5) is 12.6. The molecule has 6 nitrogen and oxygen atoms in total. The Hall–Kier alpha value is -3.09. The van der Waals surface area contributed by atoms with Crippen LogP contribution in [0.1, 0.15) is 21.5 Å². The molecule has 3 aromatic rings. The van der Waals surface area contributed by atoms with E-state index in [0.717, 1.165) is 5.56 Å². The third-order valence-electron chi connectivity index (χ3n) is 3.40. The first-order valence-electron chi connectivity index (χ1n) is 6.96. The molecule has 2 N–H and O–H groups in total. The highest BCUT2D eigenvalue weighted by atomic mass is 19.1. The summed E-state index contributed by atoms with van der Waals surface area (Å²) in [6.07, 6.45) is 0.